The number of carbonyl (C=O) groups is 3. The van der Waals surface area contributed by atoms with Gasteiger partial charge in [0.25, 0.3) is 5.91 Å². The number of para-hydroxylation sites is 1. The number of benzene rings is 3. The molecule has 272 valence electrons. The van der Waals surface area contributed by atoms with Gasteiger partial charge in [0.05, 0.1) is 22.7 Å². The third-order valence-electron chi connectivity index (χ3n) is 8.84. The van der Waals surface area contributed by atoms with Crippen LogP contribution < -0.4 is 11.1 Å². The van der Waals surface area contributed by atoms with Crippen LogP contribution in [0.15, 0.2) is 91.1 Å². The average Bonchev–Trinajstić information content (AvgIpc) is 3.49. The molecule has 0 spiro atoms. The summed E-state index contributed by atoms with van der Waals surface area (Å²) in [5, 5.41) is 3.97. The Kier molecular flexibility index (Phi) is 11.9. The number of fused-ring (bicyclic) bond motifs is 1. The van der Waals surface area contributed by atoms with Gasteiger partial charge in [0.15, 0.2) is 0 Å². The first-order valence-corrected chi connectivity index (χ1v) is 16.1. The van der Waals surface area contributed by atoms with E-state index in [2.05, 4.69) is 10.3 Å². The zero-order valence-corrected chi connectivity index (χ0v) is 28.2. The number of hydrogen-bond acceptors (Lipinski definition) is 3. The Morgan fingerprint density at radius 1 is 0.941 bits per heavy atom. The quantitative estimate of drug-likeness (QED) is 0.135. The minimum Gasteiger partial charge on any atom is -0.361 e. The number of nitrogens with two attached hydrogens (primary N) is 1. The molecule has 51 heavy (non-hydrogen) atoms. The van der Waals surface area contributed by atoms with Crippen molar-refractivity contribution in [3.05, 3.63) is 119 Å². The summed E-state index contributed by atoms with van der Waals surface area (Å²) in [6.45, 7) is 4.35. The first-order chi connectivity index (χ1) is 23.9. The normalized spacial score (nSPS) is 15.2. The highest BCUT2D eigenvalue weighted by molar-refractivity contribution is 5.95. The second-order valence-corrected chi connectivity index (χ2v) is 12.3. The minimum absolute atomic E-state index is 0.00610. The summed E-state index contributed by atoms with van der Waals surface area (Å²) in [6, 6.07) is 17.3. The number of urea groups is 1. The highest BCUT2D eigenvalue weighted by Gasteiger charge is 2.39. The van der Waals surface area contributed by atoms with E-state index in [4.69, 9.17) is 5.73 Å². The number of halogens is 6. The summed E-state index contributed by atoms with van der Waals surface area (Å²) in [4.78, 5) is 41.5. The average molecular weight is 716 g/mol. The second kappa shape index (κ2) is 15.7. The van der Waals surface area contributed by atoms with Crippen LogP contribution >= 0.6 is 0 Å². The fourth-order valence-electron chi connectivity index (χ4n) is 6.20. The number of H-pyrrole nitrogens is 1. The number of alkyl halides is 6. The Balaban J connectivity index is 0.000000261. The zero-order valence-electron chi connectivity index (χ0n) is 28.2. The van der Waals surface area contributed by atoms with E-state index in [9.17, 15) is 40.7 Å². The topological polar surface area (TPSA) is 112 Å². The highest BCUT2D eigenvalue weighted by Crippen LogP contribution is 2.37. The summed E-state index contributed by atoms with van der Waals surface area (Å²) >= 11 is 0. The zero-order chi connectivity index (χ0) is 37.6. The van der Waals surface area contributed by atoms with Crippen LogP contribution in [0.1, 0.15) is 59.3 Å². The Bertz CT molecular complexity index is 1830. The first kappa shape index (κ1) is 38.5. The smallest absolute Gasteiger partial charge is 0.361 e. The predicted octanol–water partition coefficient (Wildman–Crippen LogP) is 7.66. The monoisotopic (exact) mass is 715 g/mol. The second-order valence-electron chi connectivity index (χ2n) is 12.3. The van der Waals surface area contributed by atoms with E-state index >= 15 is 0 Å². The van der Waals surface area contributed by atoms with E-state index in [0.29, 0.717) is 44.5 Å². The number of aromatic nitrogens is 1. The maximum Gasteiger partial charge on any atom is 0.416 e. The third-order valence-corrected chi connectivity index (χ3v) is 8.84. The van der Waals surface area contributed by atoms with Gasteiger partial charge in [-0.25, -0.2) is 4.79 Å². The van der Waals surface area contributed by atoms with Crippen LogP contribution in [0.2, 0.25) is 0 Å². The van der Waals surface area contributed by atoms with Crippen LogP contribution in [0.4, 0.5) is 31.1 Å². The molecular formula is C37H39F6N5O3. The van der Waals surface area contributed by atoms with Crippen LogP contribution in [0, 0.1) is 0 Å². The van der Waals surface area contributed by atoms with Gasteiger partial charge in [0.2, 0.25) is 5.91 Å². The Hall–Kier alpha value is -5.27. The number of rotatable bonds is 7. The van der Waals surface area contributed by atoms with Crippen molar-refractivity contribution in [2.24, 2.45) is 5.73 Å². The van der Waals surface area contributed by atoms with Gasteiger partial charge in [-0.3, -0.25) is 9.59 Å². The standard InChI is InChI=1S/C23H20F6N2O.C14H19N3O2/c1-3-6-18(11-15-13-30-20-8-5-4-7-19(15)20)31(2)21(32)14-9-16(22(24,25)26)12-17(10-14)23(27,28)29;1-11(18)16-14(12-5-3-2-4-6-12)7-9-17(10-8-14)13(15)19/h3-10,12-13,18,30H,11H2,1-2H3;2-6H,7-10H2,1H3,(H2,15,19)(H,16,18). The lowest BCUT2D eigenvalue weighted by Gasteiger charge is -2.42. The SMILES string of the molecule is CC(=O)NC1(c2ccccc2)CCN(C(N)=O)CC1.CC=CC(Cc1c[nH]c2ccccc12)N(C)C(=O)c1cc(C(F)(F)F)cc(C(F)(F)F)c1. The van der Waals surface area contributed by atoms with E-state index in [1.54, 1.807) is 30.2 Å². The molecular weight excluding hydrogens is 676 g/mol. The van der Waals surface area contributed by atoms with Gasteiger partial charge in [0.1, 0.15) is 0 Å². The lowest BCUT2D eigenvalue weighted by atomic mass is 9.81. The number of nitrogens with one attached hydrogen (secondary N) is 2. The summed E-state index contributed by atoms with van der Waals surface area (Å²) in [7, 11) is 1.36. The van der Waals surface area contributed by atoms with Crippen LogP contribution in [0.5, 0.6) is 0 Å². The Labute approximate surface area is 291 Å². The van der Waals surface area contributed by atoms with Gasteiger partial charge in [-0.2, -0.15) is 26.3 Å². The van der Waals surface area contributed by atoms with Crippen molar-refractivity contribution < 1.29 is 40.7 Å². The van der Waals surface area contributed by atoms with Crippen molar-refractivity contribution in [2.45, 2.75) is 57.0 Å². The molecule has 1 atom stereocenters. The molecule has 1 aromatic heterocycles. The van der Waals surface area contributed by atoms with E-state index in [-0.39, 0.29) is 17.5 Å². The minimum atomic E-state index is -5.03. The number of amides is 4. The maximum atomic E-state index is 13.2. The maximum absolute atomic E-state index is 13.2. The largest absolute Gasteiger partial charge is 0.416 e. The molecule has 0 saturated carbocycles. The summed E-state index contributed by atoms with van der Waals surface area (Å²) < 4.78 is 79.0. The number of piperidine rings is 1. The summed E-state index contributed by atoms with van der Waals surface area (Å²) in [5.41, 5.74) is 4.00. The predicted molar refractivity (Wildman–Crippen MR) is 181 cm³/mol. The molecule has 0 radical (unpaired) electrons. The van der Waals surface area contributed by atoms with Crippen molar-refractivity contribution >= 4 is 28.7 Å². The first-order valence-electron chi connectivity index (χ1n) is 16.1. The number of carbonyl (C=O) groups excluding carboxylic acids is 3. The molecule has 1 unspecified atom stereocenters. The number of aromatic amines is 1. The fourth-order valence-corrected chi connectivity index (χ4v) is 6.20. The number of primary amides is 1. The van der Waals surface area contributed by atoms with Crippen molar-refractivity contribution in [3.63, 3.8) is 0 Å². The number of likely N-dealkylation sites (tertiary alicyclic amines) is 1. The van der Waals surface area contributed by atoms with Crippen LogP contribution in [-0.4, -0.2) is 58.8 Å². The molecule has 8 nitrogen and oxygen atoms in total. The van der Waals surface area contributed by atoms with Gasteiger partial charge in [-0.05, 0) is 61.6 Å². The molecule has 2 heterocycles. The molecule has 0 bridgehead atoms. The van der Waals surface area contributed by atoms with Gasteiger partial charge < -0.3 is 25.8 Å². The molecule has 4 N–H and O–H groups in total. The Morgan fingerprint density at radius 3 is 2.04 bits per heavy atom. The van der Waals surface area contributed by atoms with Crippen molar-refractivity contribution in [3.8, 4) is 0 Å². The van der Waals surface area contributed by atoms with Gasteiger partial charge in [0, 0.05) is 49.7 Å². The van der Waals surface area contributed by atoms with Gasteiger partial charge in [-0.1, -0.05) is 60.7 Å². The molecule has 3 aromatic carbocycles. The highest BCUT2D eigenvalue weighted by atomic mass is 19.4. The molecule has 1 fully saturated rings. The van der Waals surface area contributed by atoms with Crippen LogP contribution in [-0.2, 0) is 29.1 Å². The lowest BCUT2D eigenvalue weighted by molar-refractivity contribution is -0.143. The number of hydrogen-bond donors (Lipinski definition) is 3. The third kappa shape index (κ3) is 9.50. The van der Waals surface area contributed by atoms with E-state index in [1.807, 2.05) is 54.6 Å². The molecule has 1 aliphatic heterocycles. The van der Waals surface area contributed by atoms with Crippen molar-refractivity contribution in [1.29, 1.82) is 0 Å². The number of allylic oxidation sites excluding steroid dienone is 1. The molecule has 14 heteroatoms. The Morgan fingerprint density at radius 2 is 1.51 bits per heavy atom. The van der Waals surface area contributed by atoms with E-state index in [0.717, 1.165) is 26.9 Å². The van der Waals surface area contributed by atoms with Crippen LogP contribution in [0.25, 0.3) is 10.9 Å². The summed E-state index contributed by atoms with van der Waals surface area (Å²) in [5.74, 6) is -0.999. The molecule has 1 aliphatic rings. The molecule has 0 aliphatic carbocycles. The van der Waals surface area contributed by atoms with Gasteiger partial charge in [-0.15, -0.1) is 0 Å². The fraction of sp³-hybridized carbons (Fsp3) is 0.324. The molecule has 1 saturated heterocycles. The summed E-state index contributed by atoms with van der Waals surface area (Å²) in [6.07, 6.45) is -3.25. The lowest BCUT2D eigenvalue weighted by Crippen LogP contribution is -2.54. The molecule has 5 rings (SSSR count). The van der Waals surface area contributed by atoms with E-state index < -0.39 is 47.0 Å². The van der Waals surface area contributed by atoms with Crippen molar-refractivity contribution in [2.75, 3.05) is 20.1 Å². The molecule has 4 aromatic rings. The van der Waals surface area contributed by atoms with Gasteiger partial charge >= 0.3 is 18.4 Å². The van der Waals surface area contributed by atoms with Crippen molar-refractivity contribution in [1.82, 2.24) is 20.1 Å². The molecule has 4 amide bonds. The number of likely N-dealkylation sites (N-methyl/N-ethyl adjacent to an activating group) is 1. The van der Waals surface area contributed by atoms with Crippen LogP contribution in [0.3, 0.4) is 0 Å². The number of nitrogens with zero attached hydrogens (tertiary/aromatic N) is 2. The van der Waals surface area contributed by atoms with E-state index in [1.165, 1.54) is 14.0 Å².